The molecule has 0 atom stereocenters. The van der Waals surface area contributed by atoms with E-state index in [2.05, 4.69) is 55.5 Å². The van der Waals surface area contributed by atoms with Crippen molar-refractivity contribution in [3.63, 3.8) is 0 Å². The van der Waals surface area contributed by atoms with E-state index in [9.17, 15) is 0 Å². The topological polar surface area (TPSA) is 0 Å². The van der Waals surface area contributed by atoms with Crippen LogP contribution in [0.2, 0.25) is 0 Å². The van der Waals surface area contributed by atoms with Crippen LogP contribution in [-0.2, 0) is 0 Å². The predicted molar refractivity (Wildman–Crippen MR) is 76.8 cm³/mol. The fraction of sp³-hybridized carbons (Fsp3) is 0.250. The van der Waals surface area contributed by atoms with Crippen molar-refractivity contribution in [1.82, 2.24) is 0 Å². The standard InChI is InChI=1S/C13H12.3CH4/c1-11-7-9-13(10-8-11)12-5-3-2-4-6-12;;;/h2-10H,1H3;3*1H4. The van der Waals surface area contributed by atoms with Crippen LogP contribution in [0.5, 0.6) is 0 Å². The van der Waals surface area contributed by atoms with Gasteiger partial charge in [0.15, 0.2) is 0 Å². The first-order valence-electron chi connectivity index (χ1n) is 4.48. The molecule has 0 aliphatic carbocycles. The average Bonchev–Trinajstić information content (AvgIpc) is 2.20. The van der Waals surface area contributed by atoms with Gasteiger partial charge in [0.1, 0.15) is 0 Å². The molecule has 0 fully saturated rings. The quantitative estimate of drug-likeness (QED) is 0.584. The molecule has 88 valence electrons. The van der Waals surface area contributed by atoms with E-state index in [1.807, 2.05) is 6.07 Å². The summed E-state index contributed by atoms with van der Waals surface area (Å²) in [6.07, 6.45) is 0. The minimum atomic E-state index is 0. The molecule has 0 bridgehead atoms. The molecule has 0 aliphatic rings. The minimum absolute atomic E-state index is 0. The number of benzene rings is 2. The fourth-order valence-electron chi connectivity index (χ4n) is 1.38. The van der Waals surface area contributed by atoms with E-state index in [0.29, 0.717) is 0 Å². The lowest BCUT2D eigenvalue weighted by Gasteiger charge is -2.00. The summed E-state index contributed by atoms with van der Waals surface area (Å²) in [4.78, 5) is 0. The summed E-state index contributed by atoms with van der Waals surface area (Å²) in [5.74, 6) is 0. The third-order valence-electron chi connectivity index (χ3n) is 2.16. The lowest BCUT2D eigenvalue weighted by Crippen LogP contribution is -1.76. The molecule has 0 heteroatoms. The predicted octanol–water partition coefficient (Wildman–Crippen LogP) is 5.57. The Bertz CT molecular complexity index is 371. The second-order valence-electron chi connectivity index (χ2n) is 3.23. The van der Waals surface area contributed by atoms with Crippen molar-refractivity contribution >= 4 is 0 Å². The van der Waals surface area contributed by atoms with Crippen LogP contribution in [0.1, 0.15) is 27.8 Å². The highest BCUT2D eigenvalue weighted by molar-refractivity contribution is 5.63. The third-order valence-corrected chi connectivity index (χ3v) is 2.16. The third kappa shape index (κ3) is 3.90. The molecular weight excluding hydrogens is 192 g/mol. The van der Waals surface area contributed by atoms with Crippen molar-refractivity contribution in [3.8, 4) is 11.1 Å². The van der Waals surface area contributed by atoms with Gasteiger partial charge in [-0.25, -0.2) is 0 Å². The summed E-state index contributed by atoms with van der Waals surface area (Å²) in [5, 5.41) is 0. The fourth-order valence-corrected chi connectivity index (χ4v) is 1.38. The van der Waals surface area contributed by atoms with Crippen molar-refractivity contribution in [2.75, 3.05) is 0 Å². The molecule has 0 radical (unpaired) electrons. The zero-order valence-corrected chi connectivity index (χ0v) is 7.70. The normalized spacial score (nSPS) is 8.06. The number of hydrogen-bond donors (Lipinski definition) is 0. The molecule has 0 saturated carbocycles. The molecule has 0 nitrogen and oxygen atoms in total. The second-order valence-corrected chi connectivity index (χ2v) is 3.23. The Balaban J connectivity index is 0. The highest BCUT2D eigenvalue weighted by Gasteiger charge is 1.93. The molecule has 16 heavy (non-hydrogen) atoms. The van der Waals surface area contributed by atoms with Crippen LogP contribution in [0, 0.1) is 6.92 Å². The first-order valence-corrected chi connectivity index (χ1v) is 4.48. The van der Waals surface area contributed by atoms with E-state index in [-0.39, 0.29) is 22.3 Å². The maximum atomic E-state index is 2.16. The SMILES string of the molecule is C.C.C.Cc1ccc(-c2ccccc2)cc1. The Morgan fingerprint density at radius 1 is 0.562 bits per heavy atom. The first-order chi connectivity index (χ1) is 6.36. The van der Waals surface area contributed by atoms with E-state index < -0.39 is 0 Å². The average molecular weight is 216 g/mol. The molecule has 0 aliphatic heterocycles. The molecule has 0 N–H and O–H groups in total. The molecule has 0 amide bonds. The van der Waals surface area contributed by atoms with E-state index in [1.165, 1.54) is 16.7 Å². The monoisotopic (exact) mass is 216 g/mol. The lowest BCUT2D eigenvalue weighted by molar-refractivity contribution is 1.47. The molecule has 2 rings (SSSR count). The Kier molecular flexibility index (Phi) is 8.11. The smallest absolute Gasteiger partial charge is 0.0184 e. The Labute approximate surface area is 101 Å². The van der Waals surface area contributed by atoms with Gasteiger partial charge in [0.05, 0.1) is 0 Å². The van der Waals surface area contributed by atoms with E-state index in [1.54, 1.807) is 0 Å². The largest absolute Gasteiger partial charge is 0.0776 e. The number of hydrogen-bond acceptors (Lipinski definition) is 0. The second kappa shape index (κ2) is 7.70. The van der Waals surface area contributed by atoms with Crippen molar-refractivity contribution < 1.29 is 0 Å². The van der Waals surface area contributed by atoms with Gasteiger partial charge in [-0.2, -0.15) is 0 Å². The van der Waals surface area contributed by atoms with Gasteiger partial charge in [-0.1, -0.05) is 82.4 Å². The van der Waals surface area contributed by atoms with Crippen LogP contribution in [0.25, 0.3) is 11.1 Å². The van der Waals surface area contributed by atoms with Gasteiger partial charge in [-0.3, -0.25) is 0 Å². The molecule has 0 spiro atoms. The maximum Gasteiger partial charge on any atom is -0.0184 e. The van der Waals surface area contributed by atoms with Gasteiger partial charge in [-0.15, -0.1) is 0 Å². The zero-order valence-electron chi connectivity index (χ0n) is 7.70. The Morgan fingerprint density at radius 2 is 1.00 bits per heavy atom. The zero-order chi connectivity index (χ0) is 9.10. The molecule has 2 aromatic rings. The van der Waals surface area contributed by atoms with Crippen LogP contribution >= 0.6 is 0 Å². The van der Waals surface area contributed by atoms with Crippen LogP contribution in [0.15, 0.2) is 54.6 Å². The molecule has 0 heterocycles. The van der Waals surface area contributed by atoms with Crippen molar-refractivity contribution in [1.29, 1.82) is 0 Å². The van der Waals surface area contributed by atoms with E-state index in [0.717, 1.165) is 0 Å². The Hall–Kier alpha value is -1.56. The van der Waals surface area contributed by atoms with E-state index in [4.69, 9.17) is 0 Å². The van der Waals surface area contributed by atoms with Gasteiger partial charge in [0.25, 0.3) is 0 Å². The van der Waals surface area contributed by atoms with E-state index >= 15 is 0 Å². The lowest BCUT2D eigenvalue weighted by atomic mass is 10.0. The number of aryl methyl sites for hydroxylation is 1. The summed E-state index contributed by atoms with van der Waals surface area (Å²) >= 11 is 0. The van der Waals surface area contributed by atoms with Crippen LogP contribution in [0.4, 0.5) is 0 Å². The Morgan fingerprint density at radius 3 is 1.50 bits per heavy atom. The maximum absolute atomic E-state index is 2.16. The van der Waals surface area contributed by atoms with Gasteiger partial charge >= 0.3 is 0 Å². The van der Waals surface area contributed by atoms with Crippen LogP contribution in [0.3, 0.4) is 0 Å². The van der Waals surface area contributed by atoms with Gasteiger partial charge in [0, 0.05) is 0 Å². The summed E-state index contributed by atoms with van der Waals surface area (Å²) in [5.41, 5.74) is 3.87. The molecule has 0 aromatic heterocycles. The molecule has 0 saturated heterocycles. The highest BCUT2D eigenvalue weighted by Crippen LogP contribution is 2.18. The van der Waals surface area contributed by atoms with Gasteiger partial charge in [-0.05, 0) is 18.1 Å². The van der Waals surface area contributed by atoms with Crippen molar-refractivity contribution in [2.45, 2.75) is 29.2 Å². The van der Waals surface area contributed by atoms with Crippen LogP contribution in [-0.4, -0.2) is 0 Å². The van der Waals surface area contributed by atoms with Crippen molar-refractivity contribution in [2.24, 2.45) is 0 Å². The summed E-state index contributed by atoms with van der Waals surface area (Å²) in [7, 11) is 0. The summed E-state index contributed by atoms with van der Waals surface area (Å²) in [6.45, 7) is 2.11. The molecule has 0 unspecified atom stereocenters. The molecule has 2 aromatic carbocycles. The first kappa shape index (κ1) is 16.9. The highest BCUT2D eigenvalue weighted by atomic mass is 14.0. The summed E-state index contributed by atoms with van der Waals surface area (Å²) in [6, 6.07) is 19.0. The van der Waals surface area contributed by atoms with Crippen molar-refractivity contribution in [3.05, 3.63) is 60.2 Å². The van der Waals surface area contributed by atoms with Gasteiger partial charge in [0.2, 0.25) is 0 Å². The van der Waals surface area contributed by atoms with Crippen LogP contribution < -0.4 is 0 Å². The molecular formula is C16H24. The minimum Gasteiger partial charge on any atom is -0.0776 e. The van der Waals surface area contributed by atoms with Gasteiger partial charge < -0.3 is 0 Å². The summed E-state index contributed by atoms with van der Waals surface area (Å²) < 4.78 is 0. The number of rotatable bonds is 1.